The molecule has 2 N–H and O–H groups in total. The van der Waals surface area contributed by atoms with E-state index in [1.54, 1.807) is 0 Å². The molecule has 0 amide bonds. The number of hydrogen-bond acceptors (Lipinski definition) is 7. The van der Waals surface area contributed by atoms with Crippen LogP contribution in [0.4, 0.5) is 5.95 Å². The number of nitrogens with zero attached hydrogens (tertiary/aromatic N) is 3. The Balaban J connectivity index is 2.05. The van der Waals surface area contributed by atoms with E-state index in [1.807, 2.05) is 18.7 Å². The highest BCUT2D eigenvalue weighted by molar-refractivity contribution is 6.33. The van der Waals surface area contributed by atoms with Gasteiger partial charge in [0.1, 0.15) is 5.75 Å². The fourth-order valence-corrected chi connectivity index (χ4v) is 1.84. The molecule has 0 spiro atoms. The maximum atomic E-state index is 8.64. The minimum atomic E-state index is -1.86. The maximum absolute atomic E-state index is 8.64. The van der Waals surface area contributed by atoms with Crippen molar-refractivity contribution in [1.29, 1.82) is 0 Å². The zero-order valence-electron chi connectivity index (χ0n) is 10.4. The average molecular weight is 253 g/mol. The predicted octanol–water partition coefficient (Wildman–Crippen LogP) is -0.560. The van der Waals surface area contributed by atoms with Crippen LogP contribution in [-0.4, -0.2) is 52.6 Å². The standard InChI is InChI=1S/C10H16BN3O4/c1-10(2)7-14(3-4-17-10)9-12-5-8(6-13-9)18-11(15)16/h5-6,15-16H,3-4,7H2,1-2H3. The normalized spacial score (nSPS) is 18.6. The summed E-state index contributed by atoms with van der Waals surface area (Å²) in [4.78, 5) is 10.3. The minimum absolute atomic E-state index is 0.210. The molecule has 1 aromatic rings. The molecule has 1 aromatic heterocycles. The van der Waals surface area contributed by atoms with Gasteiger partial charge in [0.15, 0.2) is 0 Å². The lowest BCUT2D eigenvalue weighted by atomic mass is 10.1. The molecule has 0 unspecified atom stereocenters. The van der Waals surface area contributed by atoms with Crippen LogP contribution >= 0.6 is 0 Å². The quantitative estimate of drug-likeness (QED) is 0.698. The Kier molecular flexibility index (Phi) is 3.69. The number of anilines is 1. The maximum Gasteiger partial charge on any atom is 0.707 e. The zero-order chi connectivity index (χ0) is 13.2. The Morgan fingerprint density at radius 3 is 2.61 bits per heavy atom. The largest absolute Gasteiger partial charge is 0.707 e. The van der Waals surface area contributed by atoms with E-state index < -0.39 is 7.32 Å². The van der Waals surface area contributed by atoms with Crippen LogP contribution in [0, 0.1) is 0 Å². The SMILES string of the molecule is CC1(C)CN(c2ncc(OB(O)O)cn2)CCO1. The van der Waals surface area contributed by atoms with Crippen molar-refractivity contribution in [1.82, 2.24) is 9.97 Å². The Hall–Kier alpha value is -1.38. The molecular formula is C10H16BN3O4. The Morgan fingerprint density at radius 1 is 1.39 bits per heavy atom. The third-order valence-corrected chi connectivity index (χ3v) is 2.56. The highest BCUT2D eigenvalue weighted by atomic mass is 16.6. The van der Waals surface area contributed by atoms with Gasteiger partial charge in [-0.25, -0.2) is 9.97 Å². The lowest BCUT2D eigenvalue weighted by Crippen LogP contribution is -2.48. The Labute approximate surface area is 106 Å². The van der Waals surface area contributed by atoms with E-state index in [1.165, 1.54) is 12.4 Å². The average Bonchev–Trinajstić information content (AvgIpc) is 2.28. The van der Waals surface area contributed by atoms with E-state index in [9.17, 15) is 0 Å². The monoisotopic (exact) mass is 253 g/mol. The van der Waals surface area contributed by atoms with E-state index in [-0.39, 0.29) is 11.4 Å². The summed E-state index contributed by atoms with van der Waals surface area (Å²) in [5, 5.41) is 17.3. The van der Waals surface area contributed by atoms with Gasteiger partial charge >= 0.3 is 7.32 Å². The van der Waals surface area contributed by atoms with E-state index >= 15 is 0 Å². The van der Waals surface area contributed by atoms with E-state index in [4.69, 9.17) is 14.8 Å². The summed E-state index contributed by atoms with van der Waals surface area (Å²) >= 11 is 0. The molecule has 0 radical (unpaired) electrons. The highest BCUT2D eigenvalue weighted by Gasteiger charge is 2.28. The Morgan fingerprint density at radius 2 is 2.06 bits per heavy atom. The molecule has 0 bridgehead atoms. The molecule has 2 heterocycles. The number of aromatic nitrogens is 2. The van der Waals surface area contributed by atoms with Gasteiger partial charge in [0, 0.05) is 13.1 Å². The number of morpholine rings is 1. The third kappa shape index (κ3) is 3.31. The summed E-state index contributed by atoms with van der Waals surface area (Å²) in [6, 6.07) is 0. The summed E-state index contributed by atoms with van der Waals surface area (Å²) in [7, 11) is -1.86. The molecule has 7 nitrogen and oxygen atoms in total. The second-order valence-corrected chi connectivity index (χ2v) is 4.69. The summed E-state index contributed by atoms with van der Waals surface area (Å²) < 4.78 is 10.2. The fraction of sp³-hybridized carbons (Fsp3) is 0.600. The first-order chi connectivity index (χ1) is 8.46. The first-order valence-electron chi connectivity index (χ1n) is 5.70. The Bertz CT molecular complexity index is 399. The van der Waals surface area contributed by atoms with Gasteiger partial charge in [-0.2, -0.15) is 0 Å². The van der Waals surface area contributed by atoms with Crippen molar-refractivity contribution in [2.24, 2.45) is 0 Å². The van der Waals surface area contributed by atoms with Gasteiger partial charge in [0.05, 0.1) is 24.6 Å². The lowest BCUT2D eigenvalue weighted by molar-refractivity contribution is -0.0281. The van der Waals surface area contributed by atoms with Crippen molar-refractivity contribution in [3.05, 3.63) is 12.4 Å². The molecule has 8 heteroatoms. The highest BCUT2D eigenvalue weighted by Crippen LogP contribution is 2.20. The molecule has 0 saturated carbocycles. The molecule has 1 aliphatic rings. The van der Waals surface area contributed by atoms with Gasteiger partial charge < -0.3 is 24.3 Å². The molecule has 18 heavy (non-hydrogen) atoms. The summed E-state index contributed by atoms with van der Waals surface area (Å²) in [5.41, 5.74) is -0.224. The van der Waals surface area contributed by atoms with Crippen LogP contribution < -0.4 is 9.55 Å². The smallest absolute Gasteiger partial charge is 0.509 e. The van der Waals surface area contributed by atoms with E-state index in [2.05, 4.69) is 14.6 Å². The molecular weight excluding hydrogens is 237 g/mol. The van der Waals surface area contributed by atoms with Crippen molar-refractivity contribution < 1.29 is 19.4 Å². The van der Waals surface area contributed by atoms with Crippen LogP contribution in [-0.2, 0) is 4.74 Å². The van der Waals surface area contributed by atoms with E-state index in [0.717, 1.165) is 6.54 Å². The molecule has 98 valence electrons. The van der Waals surface area contributed by atoms with Crippen molar-refractivity contribution in [3.8, 4) is 5.75 Å². The second-order valence-electron chi connectivity index (χ2n) is 4.69. The van der Waals surface area contributed by atoms with Crippen LogP contribution in [0.2, 0.25) is 0 Å². The van der Waals surface area contributed by atoms with Gasteiger partial charge in [0.2, 0.25) is 5.95 Å². The third-order valence-electron chi connectivity index (χ3n) is 2.56. The first kappa shape index (κ1) is 13.1. The molecule has 0 aliphatic carbocycles. The van der Waals surface area contributed by atoms with Crippen LogP contribution in [0.3, 0.4) is 0 Å². The van der Waals surface area contributed by atoms with Crippen molar-refractivity contribution in [2.45, 2.75) is 19.4 Å². The molecule has 0 aromatic carbocycles. The molecule has 1 aliphatic heterocycles. The van der Waals surface area contributed by atoms with Gasteiger partial charge in [-0.05, 0) is 13.8 Å². The van der Waals surface area contributed by atoms with Crippen LogP contribution in [0.15, 0.2) is 12.4 Å². The van der Waals surface area contributed by atoms with Crippen LogP contribution in [0.5, 0.6) is 5.75 Å². The minimum Gasteiger partial charge on any atom is -0.509 e. The molecule has 1 saturated heterocycles. The van der Waals surface area contributed by atoms with Gasteiger partial charge in [-0.3, -0.25) is 0 Å². The van der Waals surface area contributed by atoms with Crippen molar-refractivity contribution >= 4 is 13.3 Å². The topological polar surface area (TPSA) is 87.9 Å². The van der Waals surface area contributed by atoms with Crippen LogP contribution in [0.1, 0.15) is 13.8 Å². The van der Waals surface area contributed by atoms with Gasteiger partial charge in [-0.15, -0.1) is 0 Å². The molecule has 0 atom stereocenters. The van der Waals surface area contributed by atoms with Crippen molar-refractivity contribution in [3.63, 3.8) is 0 Å². The van der Waals surface area contributed by atoms with Gasteiger partial charge in [0.25, 0.3) is 0 Å². The zero-order valence-corrected chi connectivity index (χ0v) is 10.4. The summed E-state index contributed by atoms with van der Waals surface area (Å²) in [6.07, 6.45) is 2.81. The van der Waals surface area contributed by atoms with Crippen molar-refractivity contribution in [2.75, 3.05) is 24.6 Å². The van der Waals surface area contributed by atoms with Crippen LogP contribution in [0.25, 0.3) is 0 Å². The van der Waals surface area contributed by atoms with E-state index in [0.29, 0.717) is 19.1 Å². The molecule has 1 fully saturated rings. The summed E-state index contributed by atoms with van der Waals surface area (Å²) in [6.45, 7) is 6.09. The lowest BCUT2D eigenvalue weighted by Gasteiger charge is -2.38. The first-order valence-corrected chi connectivity index (χ1v) is 5.70. The second kappa shape index (κ2) is 5.09. The molecule has 2 rings (SSSR count). The van der Waals surface area contributed by atoms with Gasteiger partial charge in [-0.1, -0.05) is 0 Å². The fourth-order valence-electron chi connectivity index (χ4n) is 1.84. The number of rotatable bonds is 3. The number of hydrogen-bond donors (Lipinski definition) is 2. The summed E-state index contributed by atoms with van der Waals surface area (Å²) in [5.74, 6) is 0.785. The number of ether oxygens (including phenoxy) is 1. The predicted molar refractivity (Wildman–Crippen MR) is 65.1 cm³/mol.